The molecule has 0 aromatic heterocycles. The Hall–Kier alpha value is -1.55. The standard InChI is InChI=1S/C16H22N2O2/c1-2-14-16(19)18-13-10-12(3-4-15(13)20-14)9-11-5-7-17-8-6-11/h3-4,10-11,14,17H,2,5-9H2,1H3,(H,18,19). The van der Waals surface area contributed by atoms with Crippen molar-refractivity contribution < 1.29 is 9.53 Å². The van der Waals surface area contributed by atoms with Crippen LogP contribution in [-0.2, 0) is 11.2 Å². The quantitative estimate of drug-likeness (QED) is 0.889. The Labute approximate surface area is 119 Å². The van der Waals surface area contributed by atoms with Crippen LogP contribution in [0.2, 0.25) is 0 Å². The van der Waals surface area contributed by atoms with Gasteiger partial charge < -0.3 is 15.4 Å². The summed E-state index contributed by atoms with van der Waals surface area (Å²) in [6, 6.07) is 6.19. The number of hydrogen-bond donors (Lipinski definition) is 2. The van der Waals surface area contributed by atoms with Crippen LogP contribution in [0.15, 0.2) is 18.2 Å². The van der Waals surface area contributed by atoms with Crippen molar-refractivity contribution in [2.75, 3.05) is 18.4 Å². The highest BCUT2D eigenvalue weighted by Crippen LogP contribution is 2.32. The van der Waals surface area contributed by atoms with Crippen molar-refractivity contribution in [1.82, 2.24) is 5.32 Å². The zero-order valence-electron chi connectivity index (χ0n) is 11.9. The molecule has 1 aromatic carbocycles. The minimum Gasteiger partial charge on any atom is -0.478 e. The van der Waals surface area contributed by atoms with Crippen molar-refractivity contribution in [2.45, 2.75) is 38.7 Å². The highest BCUT2D eigenvalue weighted by molar-refractivity contribution is 5.97. The topological polar surface area (TPSA) is 50.4 Å². The van der Waals surface area contributed by atoms with Crippen LogP contribution < -0.4 is 15.4 Å². The number of anilines is 1. The Morgan fingerprint density at radius 3 is 2.85 bits per heavy atom. The van der Waals surface area contributed by atoms with Crippen molar-refractivity contribution in [3.05, 3.63) is 23.8 Å². The van der Waals surface area contributed by atoms with Gasteiger partial charge in [-0.15, -0.1) is 0 Å². The molecule has 2 N–H and O–H groups in total. The lowest BCUT2D eigenvalue weighted by Crippen LogP contribution is -2.36. The predicted octanol–water partition coefficient (Wildman–Crippen LogP) is 2.34. The summed E-state index contributed by atoms with van der Waals surface area (Å²) in [5.41, 5.74) is 2.11. The van der Waals surface area contributed by atoms with Gasteiger partial charge in [0.2, 0.25) is 0 Å². The summed E-state index contributed by atoms with van der Waals surface area (Å²) in [5, 5.41) is 6.35. The molecule has 1 unspecified atom stereocenters. The molecule has 0 bridgehead atoms. The first-order chi connectivity index (χ1) is 9.76. The molecular weight excluding hydrogens is 252 g/mol. The van der Waals surface area contributed by atoms with Gasteiger partial charge >= 0.3 is 0 Å². The van der Waals surface area contributed by atoms with Gasteiger partial charge in [-0.3, -0.25) is 4.79 Å². The van der Waals surface area contributed by atoms with Gasteiger partial charge in [0.05, 0.1) is 5.69 Å². The number of hydrogen-bond acceptors (Lipinski definition) is 3. The monoisotopic (exact) mass is 274 g/mol. The molecule has 0 radical (unpaired) electrons. The van der Waals surface area contributed by atoms with Gasteiger partial charge in [0.1, 0.15) is 5.75 Å². The average molecular weight is 274 g/mol. The Balaban J connectivity index is 1.72. The van der Waals surface area contributed by atoms with Gasteiger partial charge in [0.15, 0.2) is 6.10 Å². The number of fused-ring (bicyclic) bond motifs is 1. The molecule has 20 heavy (non-hydrogen) atoms. The molecule has 0 saturated carbocycles. The van der Waals surface area contributed by atoms with Crippen LogP contribution in [0.4, 0.5) is 5.69 Å². The summed E-state index contributed by atoms with van der Waals surface area (Å²) in [4.78, 5) is 11.8. The third kappa shape index (κ3) is 2.80. The highest BCUT2D eigenvalue weighted by Gasteiger charge is 2.26. The second-order valence-corrected chi connectivity index (χ2v) is 5.73. The summed E-state index contributed by atoms with van der Waals surface area (Å²) < 4.78 is 5.72. The van der Waals surface area contributed by atoms with Gasteiger partial charge in [0, 0.05) is 0 Å². The lowest BCUT2D eigenvalue weighted by atomic mass is 9.91. The van der Waals surface area contributed by atoms with Crippen molar-refractivity contribution in [3.8, 4) is 5.75 Å². The number of ether oxygens (including phenoxy) is 1. The number of amides is 1. The minimum absolute atomic E-state index is 0.0287. The SMILES string of the molecule is CCC1Oc2ccc(CC3CCNCC3)cc2NC1=O. The molecule has 1 atom stereocenters. The first-order valence-electron chi connectivity index (χ1n) is 7.57. The summed E-state index contributed by atoms with van der Waals surface area (Å²) >= 11 is 0. The smallest absolute Gasteiger partial charge is 0.265 e. The van der Waals surface area contributed by atoms with Crippen molar-refractivity contribution in [1.29, 1.82) is 0 Å². The highest BCUT2D eigenvalue weighted by atomic mass is 16.5. The van der Waals surface area contributed by atoms with E-state index >= 15 is 0 Å². The number of benzene rings is 1. The number of piperidine rings is 1. The molecule has 1 saturated heterocycles. The van der Waals surface area contributed by atoms with Crippen molar-refractivity contribution in [3.63, 3.8) is 0 Å². The van der Waals surface area contributed by atoms with Crippen LogP contribution >= 0.6 is 0 Å². The molecule has 3 rings (SSSR count). The van der Waals surface area contributed by atoms with E-state index in [1.165, 1.54) is 18.4 Å². The Morgan fingerprint density at radius 1 is 1.30 bits per heavy atom. The number of carbonyl (C=O) groups is 1. The fourth-order valence-electron chi connectivity index (χ4n) is 3.01. The lowest BCUT2D eigenvalue weighted by molar-refractivity contribution is -0.123. The Bertz CT molecular complexity index is 495. The van der Waals surface area contributed by atoms with E-state index in [4.69, 9.17) is 4.74 Å². The van der Waals surface area contributed by atoms with E-state index in [0.717, 1.165) is 36.9 Å². The minimum atomic E-state index is -0.349. The summed E-state index contributed by atoms with van der Waals surface area (Å²) in [5.74, 6) is 1.52. The third-order valence-corrected chi connectivity index (χ3v) is 4.22. The van der Waals surface area contributed by atoms with Gasteiger partial charge in [-0.1, -0.05) is 13.0 Å². The lowest BCUT2D eigenvalue weighted by Gasteiger charge is -2.26. The first-order valence-corrected chi connectivity index (χ1v) is 7.57. The van der Waals surface area contributed by atoms with Gasteiger partial charge in [0.25, 0.3) is 5.91 Å². The average Bonchev–Trinajstić information content (AvgIpc) is 2.47. The Kier molecular flexibility index (Phi) is 3.92. The van der Waals surface area contributed by atoms with Gasteiger partial charge in [-0.2, -0.15) is 0 Å². The number of rotatable bonds is 3. The first kappa shape index (κ1) is 13.4. The maximum absolute atomic E-state index is 11.8. The fourth-order valence-corrected chi connectivity index (χ4v) is 3.01. The van der Waals surface area contributed by atoms with E-state index in [1.807, 2.05) is 13.0 Å². The maximum atomic E-state index is 11.8. The summed E-state index contributed by atoms with van der Waals surface area (Å²) in [7, 11) is 0. The van der Waals surface area contributed by atoms with Crippen LogP contribution in [0.1, 0.15) is 31.7 Å². The molecule has 1 fully saturated rings. The summed E-state index contributed by atoms with van der Waals surface area (Å²) in [6.07, 6.45) is 3.90. The van der Waals surface area contributed by atoms with Crippen LogP contribution in [-0.4, -0.2) is 25.1 Å². The number of nitrogens with one attached hydrogen (secondary N) is 2. The number of carbonyl (C=O) groups excluding carboxylic acids is 1. The predicted molar refractivity (Wildman–Crippen MR) is 79.1 cm³/mol. The normalized spacial score (nSPS) is 22.9. The zero-order chi connectivity index (χ0) is 13.9. The van der Waals surface area contributed by atoms with Crippen molar-refractivity contribution in [2.24, 2.45) is 5.92 Å². The second-order valence-electron chi connectivity index (χ2n) is 5.73. The van der Waals surface area contributed by atoms with E-state index in [2.05, 4.69) is 22.8 Å². The van der Waals surface area contributed by atoms with Crippen LogP contribution in [0.25, 0.3) is 0 Å². The molecule has 0 aliphatic carbocycles. The van der Waals surface area contributed by atoms with Crippen LogP contribution in [0, 0.1) is 5.92 Å². The third-order valence-electron chi connectivity index (χ3n) is 4.22. The largest absolute Gasteiger partial charge is 0.478 e. The van der Waals surface area contributed by atoms with E-state index in [1.54, 1.807) is 0 Å². The van der Waals surface area contributed by atoms with Crippen LogP contribution in [0.3, 0.4) is 0 Å². The molecule has 2 heterocycles. The van der Waals surface area contributed by atoms with E-state index in [-0.39, 0.29) is 12.0 Å². The van der Waals surface area contributed by atoms with Crippen molar-refractivity contribution >= 4 is 11.6 Å². The molecular formula is C16H22N2O2. The molecule has 0 spiro atoms. The molecule has 4 nitrogen and oxygen atoms in total. The molecule has 2 aliphatic rings. The van der Waals surface area contributed by atoms with E-state index in [0.29, 0.717) is 6.42 Å². The molecule has 108 valence electrons. The van der Waals surface area contributed by atoms with Crippen LogP contribution in [0.5, 0.6) is 5.75 Å². The molecule has 2 aliphatic heterocycles. The van der Waals surface area contributed by atoms with E-state index < -0.39 is 0 Å². The summed E-state index contributed by atoms with van der Waals surface area (Å²) in [6.45, 7) is 4.20. The van der Waals surface area contributed by atoms with Gasteiger partial charge in [-0.05, 0) is 62.4 Å². The molecule has 1 amide bonds. The van der Waals surface area contributed by atoms with Gasteiger partial charge in [-0.25, -0.2) is 0 Å². The Morgan fingerprint density at radius 2 is 2.10 bits per heavy atom. The maximum Gasteiger partial charge on any atom is 0.265 e. The fraction of sp³-hybridized carbons (Fsp3) is 0.562. The van der Waals surface area contributed by atoms with E-state index in [9.17, 15) is 4.79 Å². The zero-order valence-corrected chi connectivity index (χ0v) is 11.9. The molecule has 1 aromatic rings. The second kappa shape index (κ2) is 5.83. The molecule has 4 heteroatoms.